The molecule has 0 bridgehead atoms. The molecule has 0 aromatic heterocycles. The lowest BCUT2D eigenvalue weighted by Gasteiger charge is -2.24. The van der Waals surface area contributed by atoms with Crippen molar-refractivity contribution in [2.75, 3.05) is 31.7 Å². The molecule has 0 saturated heterocycles. The Morgan fingerprint density at radius 3 is 2.95 bits per heavy atom. The van der Waals surface area contributed by atoms with Crippen LogP contribution in [0.5, 0.6) is 0 Å². The molecule has 19 heavy (non-hydrogen) atoms. The third-order valence-corrected chi connectivity index (χ3v) is 3.54. The maximum Gasteiger partial charge on any atom is 0.0889 e. The van der Waals surface area contributed by atoms with Crippen LogP contribution in [0.4, 0.5) is 5.69 Å². The van der Waals surface area contributed by atoms with Crippen LogP contribution in [-0.2, 0) is 4.74 Å². The van der Waals surface area contributed by atoms with Gasteiger partial charge >= 0.3 is 0 Å². The molecule has 2 rings (SSSR count). The molecule has 1 heterocycles. The van der Waals surface area contributed by atoms with E-state index in [1.54, 1.807) is 7.11 Å². The Labute approximate surface area is 114 Å². The Bertz CT molecular complexity index is 432. The summed E-state index contributed by atoms with van der Waals surface area (Å²) in [7, 11) is 1.74. The van der Waals surface area contributed by atoms with Crippen LogP contribution in [-0.4, -0.2) is 37.7 Å². The summed E-state index contributed by atoms with van der Waals surface area (Å²) in [6.45, 7) is 2.86. The molecule has 0 aliphatic carbocycles. The summed E-state index contributed by atoms with van der Waals surface area (Å²) in [4.78, 5) is 2.39. The highest BCUT2D eigenvalue weighted by Crippen LogP contribution is 2.26. The van der Waals surface area contributed by atoms with E-state index in [0.717, 1.165) is 56.7 Å². The number of methoxy groups -OCH3 is 1. The predicted octanol–water partition coefficient (Wildman–Crippen LogP) is 2.89. The van der Waals surface area contributed by atoms with E-state index in [1.807, 2.05) is 18.2 Å². The van der Waals surface area contributed by atoms with Crippen LogP contribution < -0.4 is 4.90 Å². The second-order valence-corrected chi connectivity index (χ2v) is 4.85. The number of ether oxygens (including phenoxy) is 1. The van der Waals surface area contributed by atoms with E-state index < -0.39 is 0 Å². The lowest BCUT2D eigenvalue weighted by Crippen LogP contribution is -2.25. The monoisotopic (exact) mass is 262 g/mol. The average Bonchev–Trinajstić information content (AvgIpc) is 2.63. The first-order valence-corrected chi connectivity index (χ1v) is 6.91. The van der Waals surface area contributed by atoms with Gasteiger partial charge in [-0.1, -0.05) is 23.4 Å². The van der Waals surface area contributed by atoms with Crippen LogP contribution in [0.3, 0.4) is 0 Å². The van der Waals surface area contributed by atoms with Crippen LogP contribution >= 0.6 is 0 Å². The van der Waals surface area contributed by atoms with E-state index >= 15 is 0 Å². The summed E-state index contributed by atoms with van der Waals surface area (Å²) >= 11 is 0. The molecule has 0 radical (unpaired) electrons. The fraction of sp³-hybridized carbons (Fsp3) is 0.533. The van der Waals surface area contributed by atoms with Gasteiger partial charge in [-0.15, -0.1) is 0 Å². The molecule has 0 spiro atoms. The molecule has 4 heteroatoms. The summed E-state index contributed by atoms with van der Waals surface area (Å²) in [5.74, 6) is 0. The van der Waals surface area contributed by atoms with Crippen molar-refractivity contribution in [3.63, 3.8) is 0 Å². The summed E-state index contributed by atoms with van der Waals surface area (Å²) in [5, 5.41) is 12.6. The van der Waals surface area contributed by atoms with Gasteiger partial charge < -0.3 is 14.8 Å². The fourth-order valence-electron chi connectivity index (χ4n) is 2.57. The van der Waals surface area contributed by atoms with Crippen molar-refractivity contribution in [3.8, 4) is 0 Å². The number of anilines is 1. The van der Waals surface area contributed by atoms with E-state index in [0.29, 0.717) is 0 Å². The molecule has 1 N–H and O–H groups in total. The number of benzene rings is 1. The van der Waals surface area contributed by atoms with Crippen LogP contribution in [0.25, 0.3) is 0 Å². The van der Waals surface area contributed by atoms with Crippen LogP contribution in [0.2, 0.25) is 0 Å². The second-order valence-electron chi connectivity index (χ2n) is 4.85. The molecule has 1 aliphatic heterocycles. The van der Waals surface area contributed by atoms with Crippen LogP contribution in [0.1, 0.15) is 31.2 Å². The highest BCUT2D eigenvalue weighted by Gasteiger charge is 2.18. The zero-order valence-corrected chi connectivity index (χ0v) is 11.5. The number of nitrogens with zero attached hydrogens (tertiary/aromatic N) is 2. The van der Waals surface area contributed by atoms with Gasteiger partial charge in [0, 0.05) is 38.1 Å². The number of unbranched alkanes of at least 4 members (excludes halogenated alkanes) is 1. The van der Waals surface area contributed by atoms with Gasteiger partial charge in [0.05, 0.1) is 5.71 Å². The highest BCUT2D eigenvalue weighted by molar-refractivity contribution is 6.05. The molecule has 0 atom stereocenters. The molecular formula is C15H22N2O2. The van der Waals surface area contributed by atoms with Gasteiger partial charge in [0.1, 0.15) is 0 Å². The van der Waals surface area contributed by atoms with Gasteiger partial charge in [-0.3, -0.25) is 0 Å². The van der Waals surface area contributed by atoms with E-state index in [-0.39, 0.29) is 0 Å². The summed E-state index contributed by atoms with van der Waals surface area (Å²) in [6, 6.07) is 8.19. The molecule has 104 valence electrons. The van der Waals surface area contributed by atoms with Gasteiger partial charge in [0.15, 0.2) is 0 Å². The predicted molar refractivity (Wildman–Crippen MR) is 77.3 cm³/mol. The molecule has 1 aliphatic rings. The molecule has 1 aromatic rings. The minimum Gasteiger partial charge on any atom is -0.411 e. The molecule has 0 unspecified atom stereocenters. The zero-order valence-electron chi connectivity index (χ0n) is 11.5. The molecule has 0 fully saturated rings. The molecule has 0 saturated carbocycles. The Hall–Kier alpha value is -1.55. The van der Waals surface area contributed by atoms with E-state index in [9.17, 15) is 0 Å². The SMILES string of the molecule is COCCCCN1CCC/C(=N/O)c2ccccc21. The van der Waals surface area contributed by atoms with Crippen molar-refractivity contribution in [2.24, 2.45) is 5.16 Å². The van der Waals surface area contributed by atoms with Crippen molar-refractivity contribution in [2.45, 2.75) is 25.7 Å². The van der Waals surface area contributed by atoms with Crippen LogP contribution in [0.15, 0.2) is 29.4 Å². The molecular weight excluding hydrogens is 240 g/mol. The Kier molecular flexibility index (Phi) is 5.21. The lowest BCUT2D eigenvalue weighted by molar-refractivity contribution is 0.193. The van der Waals surface area contributed by atoms with E-state index in [4.69, 9.17) is 9.94 Å². The maximum atomic E-state index is 9.15. The summed E-state index contributed by atoms with van der Waals surface area (Å²) in [6.07, 6.45) is 4.06. The lowest BCUT2D eigenvalue weighted by atomic mass is 10.1. The third kappa shape index (κ3) is 3.47. The Morgan fingerprint density at radius 2 is 2.16 bits per heavy atom. The number of hydrogen-bond acceptors (Lipinski definition) is 4. The average molecular weight is 262 g/mol. The van der Waals surface area contributed by atoms with E-state index in [1.165, 1.54) is 5.69 Å². The van der Waals surface area contributed by atoms with Crippen molar-refractivity contribution >= 4 is 11.4 Å². The fourth-order valence-corrected chi connectivity index (χ4v) is 2.57. The van der Waals surface area contributed by atoms with Crippen molar-refractivity contribution in [1.82, 2.24) is 0 Å². The first kappa shape index (κ1) is 13.9. The van der Waals surface area contributed by atoms with Crippen molar-refractivity contribution < 1.29 is 9.94 Å². The van der Waals surface area contributed by atoms with Crippen molar-refractivity contribution in [3.05, 3.63) is 29.8 Å². The molecule has 0 amide bonds. The quantitative estimate of drug-likeness (QED) is 0.504. The normalized spacial score (nSPS) is 17.3. The molecule has 4 nitrogen and oxygen atoms in total. The summed E-state index contributed by atoms with van der Waals surface area (Å²) in [5.41, 5.74) is 3.05. The topological polar surface area (TPSA) is 45.1 Å². The van der Waals surface area contributed by atoms with Gasteiger partial charge in [-0.2, -0.15) is 0 Å². The van der Waals surface area contributed by atoms with Gasteiger partial charge in [-0.05, 0) is 31.7 Å². The third-order valence-electron chi connectivity index (χ3n) is 3.54. The molecule has 1 aromatic carbocycles. The van der Waals surface area contributed by atoms with Crippen molar-refractivity contribution in [1.29, 1.82) is 0 Å². The second kappa shape index (κ2) is 7.14. The maximum absolute atomic E-state index is 9.15. The number of fused-ring (bicyclic) bond motifs is 1. The Balaban J connectivity index is 2.12. The van der Waals surface area contributed by atoms with Crippen LogP contribution in [0, 0.1) is 0 Å². The number of rotatable bonds is 5. The zero-order chi connectivity index (χ0) is 13.5. The van der Waals surface area contributed by atoms with Gasteiger partial charge in [-0.25, -0.2) is 0 Å². The summed E-state index contributed by atoms with van der Waals surface area (Å²) < 4.78 is 5.09. The van der Waals surface area contributed by atoms with Gasteiger partial charge in [0.25, 0.3) is 0 Å². The largest absolute Gasteiger partial charge is 0.411 e. The minimum absolute atomic E-state index is 0.801. The number of hydrogen-bond donors (Lipinski definition) is 1. The van der Waals surface area contributed by atoms with E-state index in [2.05, 4.69) is 16.1 Å². The number of para-hydroxylation sites is 1. The van der Waals surface area contributed by atoms with Gasteiger partial charge in [0.2, 0.25) is 0 Å². The number of oxime groups is 1. The minimum atomic E-state index is 0.801. The first-order valence-electron chi connectivity index (χ1n) is 6.91. The standard InChI is InChI=1S/C15H22N2O2/c1-19-12-5-4-10-17-11-6-8-14(16-18)13-7-2-3-9-15(13)17/h2-3,7,9,18H,4-6,8,10-12H2,1H3/b16-14-. The highest BCUT2D eigenvalue weighted by atomic mass is 16.5. The first-order chi connectivity index (χ1) is 9.36. The smallest absolute Gasteiger partial charge is 0.0889 e. The Morgan fingerprint density at radius 1 is 1.32 bits per heavy atom.